The van der Waals surface area contributed by atoms with Gasteiger partial charge in [-0.2, -0.15) is 0 Å². The van der Waals surface area contributed by atoms with Crippen molar-refractivity contribution >= 4 is 0 Å². The highest BCUT2D eigenvalue weighted by atomic mass is 16.7. The molecule has 4 nitrogen and oxygen atoms in total. The average Bonchev–Trinajstić information content (AvgIpc) is 2.25. The summed E-state index contributed by atoms with van der Waals surface area (Å²) < 4.78 is 15.4. The fourth-order valence-corrected chi connectivity index (χ4v) is 1.27. The zero-order chi connectivity index (χ0) is 11.3. The molecule has 0 aliphatic rings. The van der Waals surface area contributed by atoms with Gasteiger partial charge in [-0.15, -0.1) is 0 Å². The van der Waals surface area contributed by atoms with Gasteiger partial charge in [0.1, 0.15) is 11.5 Å². The highest BCUT2D eigenvalue weighted by molar-refractivity contribution is 5.42. The third kappa shape index (κ3) is 3.11. The maximum absolute atomic E-state index is 5.82. The van der Waals surface area contributed by atoms with Gasteiger partial charge in [0, 0.05) is 24.8 Å². The number of benzene rings is 1. The van der Waals surface area contributed by atoms with Crippen LogP contribution in [0.3, 0.4) is 0 Å². The van der Waals surface area contributed by atoms with Crippen molar-refractivity contribution < 1.29 is 14.2 Å². The fraction of sp³-hybridized carbons (Fsp3) is 0.455. The summed E-state index contributed by atoms with van der Waals surface area (Å²) in [4.78, 5) is 0. The Bertz CT molecular complexity index is 313. The Morgan fingerprint density at radius 3 is 2.60 bits per heavy atom. The van der Waals surface area contributed by atoms with E-state index in [1.54, 1.807) is 20.3 Å². The zero-order valence-electron chi connectivity index (χ0n) is 9.32. The molecular weight excluding hydrogens is 194 g/mol. The SMILES string of the molecule is COCOc1cc(OC)ccc1[C@@H](C)N. The van der Waals surface area contributed by atoms with Crippen LogP contribution in [0.25, 0.3) is 0 Å². The van der Waals surface area contributed by atoms with Crippen LogP contribution in [0.1, 0.15) is 18.5 Å². The molecule has 0 saturated heterocycles. The number of hydrogen-bond donors (Lipinski definition) is 1. The Hall–Kier alpha value is -1.26. The molecule has 0 fully saturated rings. The Kier molecular flexibility index (Phi) is 4.39. The van der Waals surface area contributed by atoms with Crippen LogP contribution < -0.4 is 15.2 Å². The molecule has 0 heterocycles. The lowest BCUT2D eigenvalue weighted by Crippen LogP contribution is -2.09. The molecule has 0 saturated carbocycles. The third-order valence-corrected chi connectivity index (χ3v) is 2.04. The monoisotopic (exact) mass is 211 g/mol. The second kappa shape index (κ2) is 5.58. The number of rotatable bonds is 5. The van der Waals surface area contributed by atoms with Gasteiger partial charge in [-0.3, -0.25) is 0 Å². The highest BCUT2D eigenvalue weighted by Gasteiger charge is 2.09. The van der Waals surface area contributed by atoms with Gasteiger partial charge < -0.3 is 19.9 Å². The van der Waals surface area contributed by atoms with Gasteiger partial charge in [-0.1, -0.05) is 6.07 Å². The summed E-state index contributed by atoms with van der Waals surface area (Å²) >= 11 is 0. The summed E-state index contributed by atoms with van der Waals surface area (Å²) in [6.07, 6.45) is 0. The first-order valence-corrected chi connectivity index (χ1v) is 4.74. The molecule has 2 N–H and O–H groups in total. The lowest BCUT2D eigenvalue weighted by molar-refractivity contribution is 0.0501. The van der Waals surface area contributed by atoms with Gasteiger partial charge in [0.25, 0.3) is 0 Å². The molecule has 0 amide bonds. The first-order valence-electron chi connectivity index (χ1n) is 4.74. The maximum Gasteiger partial charge on any atom is 0.188 e. The molecule has 1 rings (SSSR count). The molecule has 1 atom stereocenters. The third-order valence-electron chi connectivity index (χ3n) is 2.04. The first-order chi connectivity index (χ1) is 7.19. The topological polar surface area (TPSA) is 53.7 Å². The van der Waals surface area contributed by atoms with Crippen molar-refractivity contribution in [3.05, 3.63) is 23.8 Å². The lowest BCUT2D eigenvalue weighted by atomic mass is 10.1. The summed E-state index contributed by atoms with van der Waals surface area (Å²) in [5.41, 5.74) is 6.75. The van der Waals surface area contributed by atoms with Crippen LogP contribution in [-0.4, -0.2) is 21.0 Å². The van der Waals surface area contributed by atoms with Gasteiger partial charge in [0.15, 0.2) is 6.79 Å². The fourth-order valence-electron chi connectivity index (χ4n) is 1.27. The molecule has 1 aromatic carbocycles. The van der Waals surface area contributed by atoms with E-state index in [2.05, 4.69) is 0 Å². The predicted molar refractivity (Wildman–Crippen MR) is 58.1 cm³/mol. The smallest absolute Gasteiger partial charge is 0.188 e. The number of ether oxygens (including phenoxy) is 3. The van der Waals surface area contributed by atoms with Crippen molar-refractivity contribution in [2.75, 3.05) is 21.0 Å². The van der Waals surface area contributed by atoms with Crippen LogP contribution in [0.15, 0.2) is 18.2 Å². The Morgan fingerprint density at radius 2 is 2.07 bits per heavy atom. The summed E-state index contributed by atoms with van der Waals surface area (Å²) in [6, 6.07) is 5.48. The largest absolute Gasteiger partial charge is 0.497 e. The van der Waals surface area contributed by atoms with Gasteiger partial charge in [0.2, 0.25) is 0 Å². The molecule has 84 valence electrons. The molecule has 0 unspecified atom stereocenters. The molecule has 1 aromatic rings. The highest BCUT2D eigenvalue weighted by Crippen LogP contribution is 2.28. The minimum Gasteiger partial charge on any atom is -0.497 e. The van der Waals surface area contributed by atoms with E-state index in [-0.39, 0.29) is 12.8 Å². The molecular formula is C11H17NO3. The van der Waals surface area contributed by atoms with Crippen LogP contribution in [0, 0.1) is 0 Å². The second-order valence-electron chi connectivity index (χ2n) is 3.24. The van der Waals surface area contributed by atoms with Crippen molar-refractivity contribution in [1.29, 1.82) is 0 Å². The van der Waals surface area contributed by atoms with Gasteiger partial charge in [-0.05, 0) is 13.0 Å². The van der Waals surface area contributed by atoms with E-state index >= 15 is 0 Å². The van der Waals surface area contributed by atoms with E-state index in [1.165, 1.54) is 0 Å². The van der Waals surface area contributed by atoms with E-state index in [1.807, 2.05) is 19.1 Å². The van der Waals surface area contributed by atoms with Gasteiger partial charge in [0.05, 0.1) is 7.11 Å². The second-order valence-corrected chi connectivity index (χ2v) is 3.24. The van der Waals surface area contributed by atoms with E-state index in [9.17, 15) is 0 Å². The quantitative estimate of drug-likeness (QED) is 0.753. The minimum absolute atomic E-state index is 0.0808. The first kappa shape index (κ1) is 11.8. The van der Waals surface area contributed by atoms with E-state index in [0.29, 0.717) is 5.75 Å². The van der Waals surface area contributed by atoms with Gasteiger partial charge >= 0.3 is 0 Å². The van der Waals surface area contributed by atoms with Crippen molar-refractivity contribution in [2.45, 2.75) is 13.0 Å². The van der Waals surface area contributed by atoms with E-state index in [4.69, 9.17) is 19.9 Å². The number of hydrogen-bond acceptors (Lipinski definition) is 4. The van der Waals surface area contributed by atoms with Crippen molar-refractivity contribution in [2.24, 2.45) is 5.73 Å². The van der Waals surface area contributed by atoms with Crippen LogP contribution in [0.4, 0.5) is 0 Å². The molecule has 15 heavy (non-hydrogen) atoms. The van der Waals surface area contributed by atoms with Gasteiger partial charge in [-0.25, -0.2) is 0 Å². The molecule has 0 aromatic heterocycles. The predicted octanol–water partition coefficient (Wildman–Crippen LogP) is 1.70. The van der Waals surface area contributed by atoms with Crippen molar-refractivity contribution in [1.82, 2.24) is 0 Å². The summed E-state index contributed by atoms with van der Waals surface area (Å²) in [5.74, 6) is 1.44. The van der Waals surface area contributed by atoms with Crippen molar-refractivity contribution in [3.63, 3.8) is 0 Å². The Labute approximate surface area is 89.9 Å². The van der Waals surface area contributed by atoms with Crippen LogP contribution in [0.2, 0.25) is 0 Å². The molecule has 4 heteroatoms. The normalized spacial score (nSPS) is 12.3. The summed E-state index contributed by atoms with van der Waals surface area (Å²) in [7, 11) is 3.19. The van der Waals surface area contributed by atoms with E-state index < -0.39 is 0 Å². The summed E-state index contributed by atoms with van der Waals surface area (Å²) in [5, 5.41) is 0. The number of nitrogens with two attached hydrogens (primary N) is 1. The standard InChI is InChI=1S/C11H17NO3/c1-8(12)10-5-4-9(14-3)6-11(10)15-7-13-2/h4-6,8H,7,12H2,1-3H3/t8-/m1/s1. The summed E-state index contributed by atoms with van der Waals surface area (Å²) in [6.45, 7) is 2.11. The van der Waals surface area contributed by atoms with Crippen molar-refractivity contribution in [3.8, 4) is 11.5 Å². The molecule has 0 radical (unpaired) electrons. The lowest BCUT2D eigenvalue weighted by Gasteiger charge is -2.14. The maximum atomic E-state index is 5.82. The molecule has 0 aliphatic carbocycles. The average molecular weight is 211 g/mol. The van der Waals surface area contributed by atoms with Crippen LogP contribution in [-0.2, 0) is 4.74 Å². The molecule has 0 aliphatic heterocycles. The van der Waals surface area contributed by atoms with Crippen LogP contribution in [0.5, 0.6) is 11.5 Å². The Morgan fingerprint density at radius 1 is 1.33 bits per heavy atom. The number of methoxy groups -OCH3 is 2. The van der Waals surface area contributed by atoms with E-state index in [0.717, 1.165) is 11.3 Å². The zero-order valence-corrected chi connectivity index (χ0v) is 9.32. The molecule has 0 bridgehead atoms. The molecule has 0 spiro atoms. The Balaban J connectivity index is 2.94. The minimum atomic E-state index is -0.0808. The van der Waals surface area contributed by atoms with Crippen LogP contribution >= 0.6 is 0 Å².